The fourth-order valence-electron chi connectivity index (χ4n) is 5.08. The molecule has 5 rings (SSSR count). The van der Waals surface area contributed by atoms with Crippen LogP contribution in [0.25, 0.3) is 0 Å². The minimum absolute atomic E-state index is 0.151. The third-order valence-electron chi connectivity index (χ3n) is 6.45. The SMILES string of the molecule is CC(C)(O)C(C1CC1)N1Cc2cncc(NC(=O)c3ccnc4c3CCC4)c2C1=O. The van der Waals surface area contributed by atoms with Crippen molar-refractivity contribution in [2.45, 2.75) is 64.1 Å². The highest BCUT2D eigenvalue weighted by Crippen LogP contribution is 2.43. The van der Waals surface area contributed by atoms with Gasteiger partial charge in [0, 0.05) is 35.8 Å². The van der Waals surface area contributed by atoms with Crippen LogP contribution >= 0.6 is 0 Å². The first kappa shape index (κ1) is 19.2. The van der Waals surface area contributed by atoms with Crippen LogP contribution in [0.1, 0.15) is 70.6 Å². The summed E-state index contributed by atoms with van der Waals surface area (Å²) in [4.78, 5) is 36.8. The van der Waals surface area contributed by atoms with E-state index in [1.807, 2.05) is 0 Å². The average Bonchev–Trinajstić information content (AvgIpc) is 3.29. The Morgan fingerprint density at radius 1 is 1.30 bits per heavy atom. The summed E-state index contributed by atoms with van der Waals surface area (Å²) in [6.07, 6.45) is 9.67. The zero-order chi connectivity index (χ0) is 21.0. The van der Waals surface area contributed by atoms with Crippen LogP contribution in [0.2, 0.25) is 0 Å². The van der Waals surface area contributed by atoms with Crippen LogP contribution in [-0.2, 0) is 19.4 Å². The van der Waals surface area contributed by atoms with Crippen molar-refractivity contribution in [1.82, 2.24) is 14.9 Å². The summed E-state index contributed by atoms with van der Waals surface area (Å²) in [5.74, 6) is -0.0754. The van der Waals surface area contributed by atoms with Gasteiger partial charge in [0.2, 0.25) is 0 Å². The molecule has 0 saturated heterocycles. The van der Waals surface area contributed by atoms with Gasteiger partial charge in [0.05, 0.1) is 29.1 Å². The lowest BCUT2D eigenvalue weighted by molar-refractivity contribution is -0.0224. The Labute approximate surface area is 175 Å². The van der Waals surface area contributed by atoms with Gasteiger partial charge < -0.3 is 15.3 Å². The summed E-state index contributed by atoms with van der Waals surface area (Å²) in [6, 6.07) is 1.49. The largest absolute Gasteiger partial charge is 0.388 e. The van der Waals surface area contributed by atoms with Crippen molar-refractivity contribution in [2.24, 2.45) is 5.92 Å². The molecule has 156 valence electrons. The van der Waals surface area contributed by atoms with Crippen molar-refractivity contribution < 1.29 is 14.7 Å². The van der Waals surface area contributed by atoms with Gasteiger partial charge >= 0.3 is 0 Å². The molecule has 0 spiro atoms. The molecule has 2 amide bonds. The molecule has 0 bridgehead atoms. The number of hydrogen-bond donors (Lipinski definition) is 2. The molecule has 1 saturated carbocycles. The Bertz CT molecular complexity index is 1040. The number of aromatic nitrogens is 2. The molecule has 30 heavy (non-hydrogen) atoms. The van der Waals surface area contributed by atoms with Crippen molar-refractivity contribution in [3.8, 4) is 0 Å². The Morgan fingerprint density at radius 2 is 2.10 bits per heavy atom. The number of aliphatic hydroxyl groups is 1. The smallest absolute Gasteiger partial charge is 0.257 e. The lowest BCUT2D eigenvalue weighted by Crippen LogP contribution is -2.51. The summed E-state index contributed by atoms with van der Waals surface area (Å²) in [7, 11) is 0. The highest BCUT2D eigenvalue weighted by molar-refractivity contribution is 6.11. The molecule has 2 aromatic rings. The second kappa shape index (κ2) is 6.87. The van der Waals surface area contributed by atoms with E-state index in [-0.39, 0.29) is 17.9 Å². The summed E-state index contributed by atoms with van der Waals surface area (Å²) in [5, 5.41) is 13.6. The third-order valence-corrected chi connectivity index (χ3v) is 6.45. The Morgan fingerprint density at radius 3 is 2.83 bits per heavy atom. The quantitative estimate of drug-likeness (QED) is 0.796. The number of carbonyl (C=O) groups excluding carboxylic acids is 2. The fraction of sp³-hybridized carbons (Fsp3) is 0.478. The molecule has 3 heterocycles. The molecule has 2 aromatic heterocycles. The third kappa shape index (κ3) is 3.17. The van der Waals surface area contributed by atoms with E-state index in [1.165, 1.54) is 6.20 Å². The zero-order valence-electron chi connectivity index (χ0n) is 17.3. The van der Waals surface area contributed by atoms with Gasteiger partial charge in [-0.25, -0.2) is 0 Å². The van der Waals surface area contributed by atoms with Gasteiger partial charge in [-0.15, -0.1) is 0 Å². The number of fused-ring (bicyclic) bond motifs is 2. The van der Waals surface area contributed by atoms with Crippen molar-refractivity contribution in [3.05, 3.63) is 52.6 Å². The van der Waals surface area contributed by atoms with Crippen LogP contribution in [0.15, 0.2) is 24.7 Å². The number of carbonyl (C=O) groups is 2. The van der Waals surface area contributed by atoms with Gasteiger partial charge in [0.1, 0.15) is 0 Å². The van der Waals surface area contributed by atoms with E-state index in [0.29, 0.717) is 29.3 Å². The van der Waals surface area contributed by atoms with Crippen molar-refractivity contribution in [3.63, 3.8) is 0 Å². The second-order valence-corrected chi connectivity index (χ2v) is 9.18. The fourth-order valence-corrected chi connectivity index (χ4v) is 5.08. The molecule has 1 fully saturated rings. The van der Waals surface area contributed by atoms with Gasteiger partial charge in [-0.2, -0.15) is 0 Å². The molecule has 7 heteroatoms. The summed E-state index contributed by atoms with van der Waals surface area (Å²) in [5.41, 5.74) is 3.31. The van der Waals surface area contributed by atoms with Gasteiger partial charge in [-0.05, 0) is 63.5 Å². The molecule has 1 aliphatic heterocycles. The lowest BCUT2D eigenvalue weighted by Gasteiger charge is -2.37. The number of aryl methyl sites for hydroxylation is 1. The maximum Gasteiger partial charge on any atom is 0.257 e. The number of amides is 2. The summed E-state index contributed by atoms with van der Waals surface area (Å²) in [6.45, 7) is 3.93. The normalized spacial score (nSPS) is 18.9. The topological polar surface area (TPSA) is 95.4 Å². The molecule has 3 aliphatic rings. The molecule has 1 atom stereocenters. The number of pyridine rings is 2. The van der Waals surface area contributed by atoms with Gasteiger partial charge in [-0.1, -0.05) is 0 Å². The number of nitrogens with one attached hydrogen (secondary N) is 1. The van der Waals surface area contributed by atoms with Crippen LogP contribution in [0.4, 0.5) is 5.69 Å². The number of rotatable bonds is 5. The summed E-state index contributed by atoms with van der Waals surface area (Å²) >= 11 is 0. The number of hydrogen-bond acceptors (Lipinski definition) is 5. The van der Waals surface area contributed by atoms with Crippen LogP contribution in [0, 0.1) is 5.92 Å². The van der Waals surface area contributed by atoms with Crippen LogP contribution < -0.4 is 5.32 Å². The zero-order valence-corrected chi connectivity index (χ0v) is 17.3. The monoisotopic (exact) mass is 406 g/mol. The molecule has 2 aliphatic carbocycles. The second-order valence-electron chi connectivity index (χ2n) is 9.18. The molecular weight excluding hydrogens is 380 g/mol. The van der Waals surface area contributed by atoms with E-state index in [9.17, 15) is 14.7 Å². The van der Waals surface area contributed by atoms with E-state index >= 15 is 0 Å². The van der Waals surface area contributed by atoms with Gasteiger partial charge in [0.25, 0.3) is 11.8 Å². The maximum absolute atomic E-state index is 13.4. The summed E-state index contributed by atoms with van der Waals surface area (Å²) < 4.78 is 0. The minimum Gasteiger partial charge on any atom is -0.388 e. The standard InChI is InChI=1S/C23H26N4O3/c1-23(2,30)20(13-6-7-13)27-12-14-10-24-11-18(19(14)22(27)29)26-21(28)16-8-9-25-17-5-3-4-15(16)17/h8-11,13,20,30H,3-7,12H2,1-2H3,(H,26,28). The van der Waals surface area contributed by atoms with Crippen molar-refractivity contribution in [2.75, 3.05) is 5.32 Å². The molecular formula is C23H26N4O3. The number of nitrogens with zero attached hydrogens (tertiary/aromatic N) is 3. The first-order valence-electron chi connectivity index (χ1n) is 10.6. The maximum atomic E-state index is 13.4. The van der Waals surface area contributed by atoms with Crippen LogP contribution in [-0.4, -0.2) is 43.4 Å². The van der Waals surface area contributed by atoms with E-state index in [1.54, 1.807) is 37.2 Å². The highest BCUT2D eigenvalue weighted by Gasteiger charge is 2.48. The average molecular weight is 406 g/mol. The first-order valence-corrected chi connectivity index (χ1v) is 10.6. The molecule has 1 unspecified atom stereocenters. The van der Waals surface area contributed by atoms with E-state index in [2.05, 4.69) is 15.3 Å². The van der Waals surface area contributed by atoms with E-state index in [0.717, 1.165) is 48.9 Å². The predicted octanol–water partition coefficient (Wildman–Crippen LogP) is 2.72. The predicted molar refractivity (Wildman–Crippen MR) is 111 cm³/mol. The first-order chi connectivity index (χ1) is 14.3. The minimum atomic E-state index is -0.993. The van der Waals surface area contributed by atoms with E-state index in [4.69, 9.17) is 0 Å². The highest BCUT2D eigenvalue weighted by atomic mass is 16.3. The van der Waals surface area contributed by atoms with Crippen LogP contribution in [0.3, 0.4) is 0 Å². The molecule has 2 N–H and O–H groups in total. The molecule has 0 aromatic carbocycles. The lowest BCUT2D eigenvalue weighted by atomic mass is 9.93. The van der Waals surface area contributed by atoms with E-state index < -0.39 is 5.60 Å². The van der Waals surface area contributed by atoms with Crippen molar-refractivity contribution >= 4 is 17.5 Å². The Hall–Kier alpha value is -2.80. The number of anilines is 1. The Balaban J connectivity index is 1.44. The van der Waals surface area contributed by atoms with Gasteiger partial charge in [-0.3, -0.25) is 19.6 Å². The van der Waals surface area contributed by atoms with Crippen molar-refractivity contribution in [1.29, 1.82) is 0 Å². The van der Waals surface area contributed by atoms with Crippen LogP contribution in [0.5, 0.6) is 0 Å². The van der Waals surface area contributed by atoms with Gasteiger partial charge in [0.15, 0.2) is 0 Å². The Kier molecular flexibility index (Phi) is 4.39. The molecule has 7 nitrogen and oxygen atoms in total. The molecule has 0 radical (unpaired) electrons.